The van der Waals surface area contributed by atoms with Crippen molar-refractivity contribution in [2.24, 2.45) is 0 Å². The number of hydrogen-bond donors (Lipinski definition) is 0. The fraction of sp³-hybridized carbons (Fsp3) is 0.0769. The number of anilines is 3. The number of rotatable bonds is 7. The van der Waals surface area contributed by atoms with Crippen LogP contribution in [-0.4, -0.2) is 0 Å². The molecule has 0 aliphatic carbocycles. The van der Waals surface area contributed by atoms with Gasteiger partial charge in [-0.1, -0.05) is 160 Å². The van der Waals surface area contributed by atoms with Crippen LogP contribution in [0.4, 0.5) is 17.1 Å². The summed E-state index contributed by atoms with van der Waals surface area (Å²) in [5, 5.41) is 2.64. The molecule has 0 unspecified atom stereocenters. The van der Waals surface area contributed by atoms with Crippen LogP contribution in [0.1, 0.15) is 26.3 Å². The molecule has 8 aromatic carbocycles. The average molecular weight is 712 g/mol. The first-order valence-corrected chi connectivity index (χ1v) is 19.5. The molecule has 0 radical (unpaired) electrons. The second-order valence-corrected chi connectivity index (χ2v) is 16.1. The summed E-state index contributed by atoms with van der Waals surface area (Å²) in [5.41, 5.74) is 14.2. The van der Waals surface area contributed by atoms with E-state index >= 15 is 0 Å². The van der Waals surface area contributed by atoms with Crippen LogP contribution in [0.15, 0.2) is 194 Å². The predicted octanol–water partition coefficient (Wildman–Crippen LogP) is 15.5. The third-order valence-electron chi connectivity index (χ3n) is 10.4. The lowest BCUT2D eigenvalue weighted by Crippen LogP contribution is -2.20. The van der Waals surface area contributed by atoms with E-state index in [1.165, 1.54) is 75.9 Å². The molecule has 9 rings (SSSR count). The summed E-state index contributed by atoms with van der Waals surface area (Å²) in [5.74, 6) is 0. The molecule has 1 nitrogen and oxygen atoms in total. The van der Waals surface area contributed by atoms with E-state index in [0.717, 1.165) is 11.4 Å². The smallest absolute Gasteiger partial charge is 0.0577 e. The lowest BCUT2D eigenvalue weighted by Gasteiger charge is -2.35. The van der Waals surface area contributed by atoms with Gasteiger partial charge in [0.1, 0.15) is 0 Å². The van der Waals surface area contributed by atoms with Gasteiger partial charge in [-0.05, 0) is 105 Å². The van der Waals surface area contributed by atoms with Crippen LogP contribution in [-0.2, 0) is 5.41 Å². The predicted molar refractivity (Wildman–Crippen MR) is 234 cm³/mol. The van der Waals surface area contributed by atoms with Crippen molar-refractivity contribution in [3.63, 3.8) is 0 Å². The van der Waals surface area contributed by atoms with Crippen molar-refractivity contribution >= 4 is 48.6 Å². The van der Waals surface area contributed by atoms with E-state index in [1.807, 2.05) is 11.3 Å². The third kappa shape index (κ3) is 6.40. The lowest BCUT2D eigenvalue weighted by atomic mass is 9.80. The van der Waals surface area contributed by atoms with Gasteiger partial charge < -0.3 is 4.90 Å². The van der Waals surface area contributed by atoms with Gasteiger partial charge >= 0.3 is 0 Å². The maximum Gasteiger partial charge on any atom is 0.0577 e. The molecule has 0 fully saturated rings. The quantitative estimate of drug-likeness (QED) is 0.159. The molecule has 0 saturated heterocycles. The van der Waals surface area contributed by atoms with Crippen LogP contribution < -0.4 is 4.90 Å². The maximum atomic E-state index is 2.48. The van der Waals surface area contributed by atoms with Gasteiger partial charge in [-0.15, -0.1) is 11.3 Å². The van der Waals surface area contributed by atoms with Gasteiger partial charge in [-0.2, -0.15) is 0 Å². The molecule has 0 amide bonds. The zero-order valence-electron chi connectivity index (χ0n) is 30.8. The van der Waals surface area contributed by atoms with Crippen LogP contribution in [0.3, 0.4) is 0 Å². The van der Waals surface area contributed by atoms with Crippen molar-refractivity contribution in [2.45, 2.75) is 26.2 Å². The Kier molecular flexibility index (Phi) is 8.69. The molecule has 0 spiro atoms. The highest BCUT2D eigenvalue weighted by molar-refractivity contribution is 7.25. The third-order valence-corrected chi connectivity index (χ3v) is 11.6. The first kappa shape index (κ1) is 33.6. The van der Waals surface area contributed by atoms with Gasteiger partial charge in [-0.25, -0.2) is 0 Å². The maximum absolute atomic E-state index is 2.48. The van der Waals surface area contributed by atoms with Crippen LogP contribution in [0.5, 0.6) is 0 Å². The molecule has 0 bridgehead atoms. The van der Waals surface area contributed by atoms with Crippen molar-refractivity contribution in [1.29, 1.82) is 0 Å². The minimum absolute atomic E-state index is 0.162. The van der Waals surface area contributed by atoms with E-state index < -0.39 is 0 Å². The van der Waals surface area contributed by atoms with Gasteiger partial charge in [0.15, 0.2) is 0 Å². The molecule has 0 aliphatic rings. The Balaban J connectivity index is 1.25. The second kappa shape index (κ2) is 14.0. The number of thiophene rings is 1. The summed E-state index contributed by atoms with van der Waals surface area (Å²) in [7, 11) is 0. The van der Waals surface area contributed by atoms with Crippen molar-refractivity contribution in [2.75, 3.05) is 4.90 Å². The minimum atomic E-state index is -0.162. The summed E-state index contributed by atoms with van der Waals surface area (Å²) < 4.78 is 2.65. The zero-order valence-corrected chi connectivity index (χ0v) is 31.6. The molecule has 2 heteroatoms. The summed E-state index contributed by atoms with van der Waals surface area (Å²) in [6, 6.07) is 70.9. The fourth-order valence-electron chi connectivity index (χ4n) is 7.63. The van der Waals surface area contributed by atoms with Gasteiger partial charge in [0, 0.05) is 37.1 Å². The Morgan fingerprint density at radius 2 is 0.833 bits per heavy atom. The number of nitrogens with zero attached hydrogens (tertiary/aromatic N) is 1. The summed E-state index contributed by atoms with van der Waals surface area (Å²) in [6.45, 7) is 7.00. The molecule has 0 N–H and O–H groups in total. The Labute approximate surface area is 322 Å². The molecular weight excluding hydrogens is 671 g/mol. The SMILES string of the molecule is CC(C)(C)c1cc(-c2ccccc2)cc(-c2ccccc2)c1N(c1ccc(-c2ccccc2)cc1)c1ccc(-c2ccc3sc4ccccc4c3c2)cc1. The first-order valence-electron chi connectivity index (χ1n) is 18.7. The number of hydrogen-bond acceptors (Lipinski definition) is 2. The van der Waals surface area contributed by atoms with Crippen molar-refractivity contribution < 1.29 is 0 Å². The van der Waals surface area contributed by atoms with E-state index in [2.05, 4.69) is 220 Å². The molecule has 54 heavy (non-hydrogen) atoms. The highest BCUT2D eigenvalue weighted by Crippen LogP contribution is 2.49. The topological polar surface area (TPSA) is 3.24 Å². The van der Waals surface area contributed by atoms with Gasteiger partial charge in [0.05, 0.1) is 5.69 Å². The summed E-state index contributed by atoms with van der Waals surface area (Å²) in [4.78, 5) is 2.48. The van der Waals surface area contributed by atoms with E-state index in [1.54, 1.807) is 0 Å². The highest BCUT2D eigenvalue weighted by atomic mass is 32.1. The largest absolute Gasteiger partial charge is 0.310 e. The van der Waals surface area contributed by atoms with Gasteiger partial charge in [0.25, 0.3) is 0 Å². The monoisotopic (exact) mass is 711 g/mol. The van der Waals surface area contributed by atoms with Crippen molar-refractivity contribution in [3.8, 4) is 44.5 Å². The molecule has 0 saturated carbocycles. The van der Waals surface area contributed by atoms with E-state index in [-0.39, 0.29) is 5.41 Å². The van der Waals surface area contributed by atoms with Gasteiger partial charge in [0.2, 0.25) is 0 Å². The van der Waals surface area contributed by atoms with E-state index in [0.29, 0.717) is 0 Å². The molecule has 260 valence electrons. The average Bonchev–Trinajstić information content (AvgIpc) is 3.60. The summed E-state index contributed by atoms with van der Waals surface area (Å²) >= 11 is 1.86. The summed E-state index contributed by atoms with van der Waals surface area (Å²) in [6.07, 6.45) is 0. The Hall–Kier alpha value is -6.22. The van der Waals surface area contributed by atoms with E-state index in [9.17, 15) is 0 Å². The molecule has 9 aromatic rings. The minimum Gasteiger partial charge on any atom is -0.310 e. The molecule has 1 aromatic heterocycles. The number of benzene rings is 8. The Morgan fingerprint density at radius 1 is 0.370 bits per heavy atom. The highest BCUT2D eigenvalue weighted by Gasteiger charge is 2.28. The number of fused-ring (bicyclic) bond motifs is 3. The van der Waals surface area contributed by atoms with Crippen LogP contribution in [0.2, 0.25) is 0 Å². The molecule has 0 aliphatic heterocycles. The fourth-order valence-corrected chi connectivity index (χ4v) is 8.72. The zero-order chi connectivity index (χ0) is 36.6. The van der Waals surface area contributed by atoms with Crippen molar-refractivity contribution in [1.82, 2.24) is 0 Å². The molecular formula is C52H41NS. The van der Waals surface area contributed by atoms with E-state index in [4.69, 9.17) is 0 Å². The lowest BCUT2D eigenvalue weighted by molar-refractivity contribution is 0.591. The normalized spacial score (nSPS) is 11.6. The van der Waals surface area contributed by atoms with Crippen LogP contribution >= 0.6 is 11.3 Å². The van der Waals surface area contributed by atoms with Crippen LogP contribution in [0, 0.1) is 0 Å². The van der Waals surface area contributed by atoms with Crippen molar-refractivity contribution in [3.05, 3.63) is 200 Å². The molecule has 1 heterocycles. The second-order valence-electron chi connectivity index (χ2n) is 15.0. The van der Waals surface area contributed by atoms with Crippen LogP contribution in [0.25, 0.3) is 64.7 Å². The molecule has 0 atom stereocenters. The van der Waals surface area contributed by atoms with Gasteiger partial charge in [-0.3, -0.25) is 0 Å². The standard InChI is InChI=1S/C52H41NS/c1-52(2,3)48-35-42(37-17-9-5-10-18-37)34-46(40-19-11-6-12-20-40)51(48)53(43-28-23-38(24-29-43)36-15-7-4-8-16-36)44-30-25-39(26-31-44)41-27-32-50-47(33-41)45-21-13-14-22-49(45)54-50/h4-35H,1-3H3. The Bertz CT molecular complexity index is 2700. The Morgan fingerprint density at radius 3 is 1.43 bits per heavy atom. The first-order chi connectivity index (χ1) is 26.4.